The van der Waals surface area contributed by atoms with Crippen LogP contribution in [0.5, 0.6) is 5.75 Å². The Hall–Kier alpha value is -4.11. The van der Waals surface area contributed by atoms with Crippen LogP contribution in [0.2, 0.25) is 0 Å². The van der Waals surface area contributed by atoms with Crippen LogP contribution in [0.15, 0.2) is 60.7 Å². The van der Waals surface area contributed by atoms with Crippen molar-refractivity contribution in [3.63, 3.8) is 0 Å². The number of fused-ring (bicyclic) bond motifs is 1. The summed E-state index contributed by atoms with van der Waals surface area (Å²) in [5.41, 5.74) is 4.49. The minimum atomic E-state index is -0.434. The average molecular weight is 442 g/mol. The fourth-order valence-electron chi connectivity index (χ4n) is 3.68. The number of amides is 1. The third kappa shape index (κ3) is 4.88. The number of rotatable bonds is 6. The highest BCUT2D eigenvalue weighted by atomic mass is 19.1. The maximum Gasteiger partial charge on any atom is 0.281 e. The lowest BCUT2D eigenvalue weighted by Gasteiger charge is -2.07. The molecule has 0 bridgehead atoms. The molecule has 0 radical (unpaired) electrons. The molecule has 0 saturated heterocycles. The standard InChI is InChI=1S/C27H24FN3O2/c1-3-4-8-14-29-27(32)23-13-9-12-19(30-23)15-21-20-16-22(28)25(33-2)17-24(20)31-26(21)18-10-6-5-7-11-18/h5-7,9-13,16-17,31H,3-4,15H2,1-2H3,(H,29,32). The van der Waals surface area contributed by atoms with E-state index in [0.29, 0.717) is 12.1 Å². The summed E-state index contributed by atoms with van der Waals surface area (Å²) >= 11 is 0. The van der Waals surface area contributed by atoms with Crippen LogP contribution >= 0.6 is 0 Å². The number of benzene rings is 2. The zero-order valence-electron chi connectivity index (χ0n) is 18.5. The molecular weight excluding hydrogens is 417 g/mol. The molecule has 0 aliphatic carbocycles. The zero-order chi connectivity index (χ0) is 23.2. The van der Waals surface area contributed by atoms with Gasteiger partial charge in [-0.05, 0) is 35.7 Å². The summed E-state index contributed by atoms with van der Waals surface area (Å²) in [4.78, 5) is 20.4. The van der Waals surface area contributed by atoms with Crippen molar-refractivity contribution in [1.82, 2.24) is 15.3 Å². The van der Waals surface area contributed by atoms with Crippen molar-refractivity contribution in [1.29, 1.82) is 0 Å². The number of ether oxygens (including phenoxy) is 1. The molecule has 0 atom stereocenters. The van der Waals surface area contributed by atoms with Gasteiger partial charge in [0.15, 0.2) is 11.6 Å². The lowest BCUT2D eigenvalue weighted by atomic mass is 10.0. The van der Waals surface area contributed by atoms with Gasteiger partial charge in [0, 0.05) is 36.0 Å². The number of unbranched alkanes of at least 4 members (excludes halogenated alkanes) is 1. The molecule has 4 rings (SSSR count). The van der Waals surface area contributed by atoms with E-state index in [9.17, 15) is 9.18 Å². The molecule has 6 heteroatoms. The summed E-state index contributed by atoms with van der Waals surface area (Å²) < 4.78 is 19.7. The van der Waals surface area contributed by atoms with Crippen molar-refractivity contribution >= 4 is 16.8 Å². The third-order valence-corrected chi connectivity index (χ3v) is 5.28. The van der Waals surface area contributed by atoms with Crippen molar-refractivity contribution in [3.05, 3.63) is 83.4 Å². The minimum absolute atomic E-state index is 0.177. The minimum Gasteiger partial charge on any atom is -0.494 e. The normalized spacial score (nSPS) is 10.5. The summed E-state index contributed by atoms with van der Waals surface area (Å²) in [6.07, 6.45) is 2.06. The highest BCUT2D eigenvalue weighted by molar-refractivity contribution is 5.94. The Labute approximate surface area is 192 Å². The average Bonchev–Trinajstić information content (AvgIpc) is 3.18. The van der Waals surface area contributed by atoms with Crippen molar-refractivity contribution in [2.75, 3.05) is 7.11 Å². The van der Waals surface area contributed by atoms with Crippen LogP contribution in [0.3, 0.4) is 0 Å². The quantitative estimate of drug-likeness (QED) is 0.308. The summed E-state index contributed by atoms with van der Waals surface area (Å²) in [5, 5.41) is 3.32. The van der Waals surface area contributed by atoms with Gasteiger partial charge in [-0.25, -0.2) is 9.37 Å². The van der Waals surface area contributed by atoms with Crippen LogP contribution in [0.25, 0.3) is 22.2 Å². The summed E-state index contributed by atoms with van der Waals surface area (Å²) in [6.45, 7) is 2.03. The Morgan fingerprint density at radius 1 is 1.15 bits per heavy atom. The van der Waals surface area contributed by atoms with Gasteiger partial charge in [0.25, 0.3) is 5.91 Å². The number of nitrogens with zero attached hydrogens (tertiary/aromatic N) is 1. The molecule has 2 heterocycles. The van der Waals surface area contributed by atoms with Crippen LogP contribution in [0.1, 0.15) is 41.5 Å². The molecule has 0 aliphatic heterocycles. The van der Waals surface area contributed by atoms with Gasteiger partial charge in [-0.2, -0.15) is 0 Å². The first kappa shape index (κ1) is 22.1. The SMILES string of the molecule is CCCC#CNC(=O)c1cccc(Cc2c(-c3ccccc3)[nH]c3cc(OC)c(F)cc23)n1. The van der Waals surface area contributed by atoms with Gasteiger partial charge in [0.2, 0.25) is 0 Å². The lowest BCUT2D eigenvalue weighted by Crippen LogP contribution is -2.19. The predicted molar refractivity (Wildman–Crippen MR) is 127 cm³/mol. The Balaban J connectivity index is 1.73. The number of carbonyl (C=O) groups is 1. The monoisotopic (exact) mass is 441 g/mol. The first-order valence-electron chi connectivity index (χ1n) is 10.8. The Bertz CT molecular complexity index is 1350. The number of carbonyl (C=O) groups excluding carboxylic acids is 1. The zero-order valence-corrected chi connectivity index (χ0v) is 18.5. The largest absolute Gasteiger partial charge is 0.494 e. The number of H-pyrrole nitrogens is 1. The molecule has 2 aromatic heterocycles. The summed E-state index contributed by atoms with van der Waals surface area (Å²) in [5.74, 6) is 2.28. The number of nitrogens with one attached hydrogen (secondary N) is 2. The number of hydrogen-bond acceptors (Lipinski definition) is 3. The molecular formula is C27H24FN3O2. The van der Waals surface area contributed by atoms with Crippen molar-refractivity contribution in [3.8, 4) is 29.0 Å². The van der Waals surface area contributed by atoms with E-state index in [2.05, 4.69) is 27.2 Å². The van der Waals surface area contributed by atoms with Gasteiger partial charge in [-0.3, -0.25) is 10.1 Å². The van der Waals surface area contributed by atoms with Crippen LogP contribution in [-0.2, 0) is 6.42 Å². The number of methoxy groups -OCH3 is 1. The van der Waals surface area contributed by atoms with E-state index in [-0.39, 0.29) is 17.4 Å². The van der Waals surface area contributed by atoms with E-state index in [4.69, 9.17) is 4.74 Å². The molecule has 1 amide bonds. The molecule has 0 saturated carbocycles. The van der Waals surface area contributed by atoms with Crippen molar-refractivity contribution in [2.45, 2.75) is 26.2 Å². The number of hydrogen-bond donors (Lipinski definition) is 2. The molecule has 4 aromatic rings. The maximum absolute atomic E-state index is 14.6. The van der Waals surface area contributed by atoms with Crippen LogP contribution in [0, 0.1) is 17.8 Å². The van der Waals surface area contributed by atoms with Gasteiger partial charge in [-0.1, -0.05) is 49.2 Å². The number of pyridine rings is 1. The highest BCUT2D eigenvalue weighted by Crippen LogP contribution is 2.35. The van der Waals surface area contributed by atoms with E-state index in [1.54, 1.807) is 18.2 Å². The lowest BCUT2D eigenvalue weighted by molar-refractivity contribution is 0.0968. The third-order valence-electron chi connectivity index (χ3n) is 5.28. The predicted octanol–water partition coefficient (Wildman–Crippen LogP) is 5.46. The molecule has 2 N–H and O–H groups in total. The molecule has 5 nitrogen and oxygen atoms in total. The number of halogens is 1. The van der Waals surface area contributed by atoms with Crippen molar-refractivity contribution in [2.24, 2.45) is 0 Å². The smallest absolute Gasteiger partial charge is 0.281 e. The Kier molecular flexibility index (Phi) is 6.70. The van der Waals surface area contributed by atoms with Gasteiger partial charge < -0.3 is 9.72 Å². The summed E-state index contributed by atoms with van der Waals surface area (Å²) in [6, 6.07) is 20.9. The number of aromatic nitrogens is 2. The van der Waals surface area contributed by atoms with Crippen LogP contribution in [0.4, 0.5) is 4.39 Å². The first-order chi connectivity index (χ1) is 16.1. The maximum atomic E-state index is 14.6. The summed E-state index contributed by atoms with van der Waals surface area (Å²) in [7, 11) is 1.44. The fourth-order valence-corrected chi connectivity index (χ4v) is 3.68. The van der Waals surface area contributed by atoms with Gasteiger partial charge in [0.1, 0.15) is 5.69 Å². The number of aromatic amines is 1. The van der Waals surface area contributed by atoms with E-state index in [1.165, 1.54) is 13.2 Å². The highest BCUT2D eigenvalue weighted by Gasteiger charge is 2.18. The van der Waals surface area contributed by atoms with Crippen LogP contribution < -0.4 is 10.1 Å². The Morgan fingerprint density at radius 3 is 2.73 bits per heavy atom. The van der Waals surface area contributed by atoms with Crippen molar-refractivity contribution < 1.29 is 13.9 Å². The van der Waals surface area contributed by atoms with Crippen LogP contribution in [-0.4, -0.2) is 23.0 Å². The topological polar surface area (TPSA) is 67.0 Å². The van der Waals surface area contributed by atoms with Gasteiger partial charge in [0.05, 0.1) is 18.3 Å². The van der Waals surface area contributed by atoms with E-state index in [0.717, 1.165) is 40.6 Å². The van der Waals surface area contributed by atoms with Gasteiger partial charge in [-0.15, -0.1) is 0 Å². The van der Waals surface area contributed by atoms with Gasteiger partial charge >= 0.3 is 0 Å². The molecule has 33 heavy (non-hydrogen) atoms. The second-order valence-electron chi connectivity index (χ2n) is 7.57. The molecule has 166 valence electrons. The van der Waals surface area contributed by atoms with E-state index >= 15 is 0 Å². The fraction of sp³-hybridized carbons (Fsp3) is 0.185. The molecule has 0 aliphatic rings. The van der Waals surface area contributed by atoms with E-state index in [1.807, 2.05) is 43.3 Å². The Morgan fingerprint density at radius 2 is 1.97 bits per heavy atom. The van der Waals surface area contributed by atoms with E-state index < -0.39 is 5.82 Å². The molecule has 0 spiro atoms. The molecule has 2 aromatic carbocycles. The molecule has 0 fully saturated rings. The molecule has 0 unspecified atom stereocenters. The second kappa shape index (κ2) is 10.0. The first-order valence-corrected chi connectivity index (χ1v) is 10.8. The second-order valence-corrected chi connectivity index (χ2v) is 7.57.